The van der Waals surface area contributed by atoms with E-state index in [0.717, 1.165) is 6.07 Å². The maximum atomic E-state index is 10.7. The third-order valence-corrected chi connectivity index (χ3v) is 2.17. The highest BCUT2D eigenvalue weighted by Crippen LogP contribution is 2.39. The van der Waals surface area contributed by atoms with Crippen molar-refractivity contribution in [2.24, 2.45) is 0 Å². The number of rotatable bonds is 1. The summed E-state index contributed by atoms with van der Waals surface area (Å²) >= 11 is 0. The fourth-order valence-electron chi connectivity index (χ4n) is 1.48. The Hall–Kier alpha value is -2.30. The molecule has 0 saturated carbocycles. The smallest absolute Gasteiger partial charge is 0.281 e. The van der Waals surface area contributed by atoms with Crippen molar-refractivity contribution in [3.8, 4) is 11.5 Å². The molecule has 0 bridgehead atoms. The van der Waals surface area contributed by atoms with E-state index in [-0.39, 0.29) is 16.8 Å². The quantitative estimate of drug-likeness (QED) is 0.424. The molecule has 2 rings (SSSR count). The fourth-order valence-corrected chi connectivity index (χ4v) is 1.48. The van der Waals surface area contributed by atoms with Crippen LogP contribution in [0.15, 0.2) is 30.3 Å². The molecule has 0 unspecified atom stereocenters. The number of nitro groups is 1. The molecule has 0 spiro atoms. The van der Waals surface area contributed by atoms with Crippen molar-refractivity contribution >= 4 is 16.5 Å². The molecule has 15 heavy (non-hydrogen) atoms. The summed E-state index contributed by atoms with van der Waals surface area (Å²) in [6, 6.07) is 7.23. The molecule has 0 heterocycles. The van der Waals surface area contributed by atoms with Crippen molar-refractivity contribution in [1.29, 1.82) is 0 Å². The summed E-state index contributed by atoms with van der Waals surface area (Å²) < 4.78 is 0. The number of hydrogen-bond acceptors (Lipinski definition) is 4. The van der Waals surface area contributed by atoms with Crippen molar-refractivity contribution in [1.82, 2.24) is 0 Å². The Morgan fingerprint density at radius 2 is 1.73 bits per heavy atom. The molecule has 0 saturated heterocycles. The molecule has 2 N–H and O–H groups in total. The van der Waals surface area contributed by atoms with Gasteiger partial charge in [0.2, 0.25) is 0 Å². The van der Waals surface area contributed by atoms with E-state index in [2.05, 4.69) is 0 Å². The first-order valence-corrected chi connectivity index (χ1v) is 4.19. The van der Waals surface area contributed by atoms with Gasteiger partial charge in [-0.3, -0.25) is 10.1 Å². The minimum atomic E-state index is -0.596. The molecule has 0 radical (unpaired) electrons. The van der Waals surface area contributed by atoms with Gasteiger partial charge in [0.25, 0.3) is 5.69 Å². The second-order valence-corrected chi connectivity index (χ2v) is 3.07. The van der Waals surface area contributed by atoms with Gasteiger partial charge in [0.05, 0.1) is 16.4 Å². The lowest BCUT2D eigenvalue weighted by Crippen LogP contribution is -1.89. The van der Waals surface area contributed by atoms with E-state index in [0.29, 0.717) is 5.39 Å². The van der Waals surface area contributed by atoms with Gasteiger partial charge in [0.1, 0.15) is 0 Å². The van der Waals surface area contributed by atoms with Crippen LogP contribution in [0.1, 0.15) is 0 Å². The number of nitrogens with zero attached hydrogens (tertiary/aromatic N) is 1. The Morgan fingerprint density at radius 1 is 1.13 bits per heavy atom. The van der Waals surface area contributed by atoms with Crippen LogP contribution in [-0.2, 0) is 0 Å². The molecule has 2 aromatic rings. The van der Waals surface area contributed by atoms with E-state index < -0.39 is 10.7 Å². The number of benzene rings is 2. The molecule has 0 aromatic heterocycles. The first-order chi connectivity index (χ1) is 7.11. The predicted molar refractivity (Wildman–Crippen MR) is 53.9 cm³/mol. The molecule has 0 amide bonds. The summed E-state index contributed by atoms with van der Waals surface area (Å²) in [5, 5.41) is 30.0. The highest BCUT2D eigenvalue weighted by Gasteiger charge is 2.17. The van der Waals surface area contributed by atoms with Crippen LogP contribution in [-0.4, -0.2) is 15.1 Å². The van der Waals surface area contributed by atoms with Gasteiger partial charge in [0, 0.05) is 5.39 Å². The van der Waals surface area contributed by atoms with Gasteiger partial charge < -0.3 is 10.2 Å². The van der Waals surface area contributed by atoms with Gasteiger partial charge in [-0.05, 0) is 6.07 Å². The Labute approximate surface area is 84.4 Å². The molecule has 2 aromatic carbocycles. The molecular weight excluding hydrogens is 198 g/mol. The molecule has 0 aliphatic heterocycles. The lowest BCUT2D eigenvalue weighted by atomic mass is 10.1. The highest BCUT2D eigenvalue weighted by molar-refractivity contribution is 5.97. The van der Waals surface area contributed by atoms with Crippen LogP contribution in [0, 0.1) is 10.1 Å². The average Bonchev–Trinajstić information content (AvgIpc) is 2.23. The Morgan fingerprint density at radius 3 is 2.33 bits per heavy atom. The Kier molecular flexibility index (Phi) is 1.93. The van der Waals surface area contributed by atoms with Gasteiger partial charge in [-0.1, -0.05) is 18.2 Å². The minimum absolute atomic E-state index is 0.221. The summed E-state index contributed by atoms with van der Waals surface area (Å²) in [7, 11) is 0. The van der Waals surface area contributed by atoms with E-state index in [1.807, 2.05) is 0 Å². The van der Waals surface area contributed by atoms with Crippen LogP contribution in [0.5, 0.6) is 11.5 Å². The molecule has 0 atom stereocenters. The number of fused-ring (bicyclic) bond motifs is 1. The first-order valence-electron chi connectivity index (χ1n) is 4.19. The van der Waals surface area contributed by atoms with E-state index >= 15 is 0 Å². The third-order valence-electron chi connectivity index (χ3n) is 2.17. The van der Waals surface area contributed by atoms with Crippen molar-refractivity contribution in [2.45, 2.75) is 0 Å². The molecule has 0 aliphatic carbocycles. The van der Waals surface area contributed by atoms with Crippen molar-refractivity contribution in [3.63, 3.8) is 0 Å². The second kappa shape index (κ2) is 3.13. The minimum Gasteiger partial charge on any atom is -0.504 e. The SMILES string of the molecule is O=[N+]([O-])c1cc(O)c(O)c2ccccc12. The van der Waals surface area contributed by atoms with Crippen molar-refractivity contribution in [3.05, 3.63) is 40.4 Å². The molecule has 5 nitrogen and oxygen atoms in total. The number of phenolic OH excluding ortho intramolecular Hbond substituents is 2. The van der Waals surface area contributed by atoms with Gasteiger partial charge in [-0.25, -0.2) is 0 Å². The van der Waals surface area contributed by atoms with Crippen LogP contribution >= 0.6 is 0 Å². The Balaban J connectivity index is 2.94. The van der Waals surface area contributed by atoms with E-state index in [1.165, 1.54) is 12.1 Å². The normalized spacial score (nSPS) is 10.4. The topological polar surface area (TPSA) is 83.6 Å². The van der Waals surface area contributed by atoms with Crippen molar-refractivity contribution in [2.75, 3.05) is 0 Å². The zero-order chi connectivity index (χ0) is 11.0. The van der Waals surface area contributed by atoms with Crippen LogP contribution in [0.2, 0.25) is 0 Å². The van der Waals surface area contributed by atoms with E-state index in [4.69, 9.17) is 0 Å². The van der Waals surface area contributed by atoms with Crippen LogP contribution in [0.25, 0.3) is 10.8 Å². The number of phenols is 2. The summed E-state index contributed by atoms with van der Waals surface area (Å²) in [5.74, 6) is -0.823. The second-order valence-electron chi connectivity index (χ2n) is 3.07. The first kappa shape index (κ1) is 9.26. The largest absolute Gasteiger partial charge is 0.504 e. The lowest BCUT2D eigenvalue weighted by molar-refractivity contribution is -0.383. The maximum absolute atomic E-state index is 10.7. The number of nitro benzene ring substituents is 1. The monoisotopic (exact) mass is 205 g/mol. The standard InChI is InChI=1S/C10H7NO4/c12-9-5-8(11(14)15)6-3-1-2-4-7(6)10(9)13/h1-5,12-13H. The zero-order valence-electron chi connectivity index (χ0n) is 7.54. The molecule has 76 valence electrons. The van der Waals surface area contributed by atoms with Crippen LogP contribution in [0.4, 0.5) is 5.69 Å². The molecule has 0 fully saturated rings. The van der Waals surface area contributed by atoms with Gasteiger partial charge in [-0.15, -0.1) is 0 Å². The maximum Gasteiger partial charge on any atom is 0.281 e. The summed E-state index contributed by atoms with van der Waals surface area (Å²) in [5.41, 5.74) is -0.221. The number of non-ortho nitro benzene ring substituents is 1. The van der Waals surface area contributed by atoms with E-state index in [9.17, 15) is 20.3 Å². The summed E-state index contributed by atoms with van der Waals surface area (Å²) in [4.78, 5) is 10.1. The predicted octanol–water partition coefficient (Wildman–Crippen LogP) is 2.16. The van der Waals surface area contributed by atoms with Gasteiger partial charge in [-0.2, -0.15) is 0 Å². The summed E-state index contributed by atoms with van der Waals surface area (Å²) in [6.45, 7) is 0. The molecule has 0 aliphatic rings. The number of hydrogen-bond donors (Lipinski definition) is 2. The van der Waals surface area contributed by atoms with Crippen LogP contribution < -0.4 is 0 Å². The fraction of sp³-hybridized carbons (Fsp3) is 0. The third kappa shape index (κ3) is 1.34. The average molecular weight is 205 g/mol. The Bertz CT molecular complexity index is 550. The number of aromatic hydroxyl groups is 2. The zero-order valence-corrected chi connectivity index (χ0v) is 7.54. The summed E-state index contributed by atoms with van der Waals surface area (Å²) in [6.07, 6.45) is 0. The van der Waals surface area contributed by atoms with Crippen molar-refractivity contribution < 1.29 is 15.1 Å². The van der Waals surface area contributed by atoms with Gasteiger partial charge in [0.15, 0.2) is 11.5 Å². The van der Waals surface area contributed by atoms with E-state index in [1.54, 1.807) is 12.1 Å². The molecule has 5 heteroatoms. The van der Waals surface area contributed by atoms with Crippen LogP contribution in [0.3, 0.4) is 0 Å². The lowest BCUT2D eigenvalue weighted by Gasteiger charge is -2.03. The van der Waals surface area contributed by atoms with Gasteiger partial charge >= 0.3 is 0 Å². The highest BCUT2D eigenvalue weighted by atomic mass is 16.6. The molecular formula is C10H7NO4.